The van der Waals surface area contributed by atoms with Gasteiger partial charge in [-0.2, -0.15) is 0 Å². The van der Waals surface area contributed by atoms with E-state index in [1.807, 2.05) is 42.5 Å². The first-order chi connectivity index (χ1) is 14.4. The number of carbonyl (C=O) groups excluding carboxylic acids is 1. The lowest BCUT2D eigenvalue weighted by molar-refractivity contribution is -0.385. The van der Waals surface area contributed by atoms with Crippen molar-refractivity contribution in [2.24, 2.45) is 0 Å². The Labute approximate surface area is 171 Å². The molecule has 0 fully saturated rings. The molecule has 0 aliphatic heterocycles. The minimum absolute atomic E-state index is 0.0808. The summed E-state index contributed by atoms with van der Waals surface area (Å²) in [5.74, 6) is -0.639. The lowest BCUT2D eigenvalue weighted by Crippen LogP contribution is -2.23. The van der Waals surface area contributed by atoms with E-state index in [1.165, 1.54) is 12.1 Å². The van der Waals surface area contributed by atoms with E-state index < -0.39 is 16.4 Å². The third-order valence-corrected chi connectivity index (χ3v) is 4.88. The molecule has 0 bridgehead atoms. The van der Waals surface area contributed by atoms with Crippen LogP contribution in [0, 0.1) is 17.0 Å². The van der Waals surface area contributed by atoms with E-state index in [0.717, 1.165) is 16.3 Å². The zero-order valence-electron chi connectivity index (χ0n) is 16.0. The van der Waals surface area contributed by atoms with Crippen molar-refractivity contribution in [2.45, 2.75) is 6.92 Å². The summed E-state index contributed by atoms with van der Waals surface area (Å²) in [7, 11) is 0. The number of benzene rings is 3. The average Bonchev–Trinajstić information content (AvgIpc) is 2.74. The Hall–Kier alpha value is -4.26. The molecule has 3 aromatic carbocycles. The molecule has 4 rings (SSSR count). The SMILES string of the molecule is Cc1ccc(NC(=O)c2ccc(-c3ccc4ccccc4c3)[nH]c2=O)cc1[N+](=O)[O-]. The Bertz CT molecular complexity index is 1360. The number of H-pyrrole nitrogens is 1. The maximum atomic E-state index is 12.5. The molecule has 0 radical (unpaired) electrons. The van der Waals surface area contributed by atoms with E-state index in [1.54, 1.807) is 25.1 Å². The van der Waals surface area contributed by atoms with Crippen LogP contribution in [0.3, 0.4) is 0 Å². The third kappa shape index (κ3) is 3.68. The smallest absolute Gasteiger partial charge is 0.274 e. The number of pyridine rings is 1. The number of amides is 1. The van der Waals surface area contributed by atoms with Crippen LogP contribution in [0.5, 0.6) is 0 Å². The van der Waals surface area contributed by atoms with Crippen molar-refractivity contribution >= 4 is 28.1 Å². The third-order valence-electron chi connectivity index (χ3n) is 4.88. The van der Waals surface area contributed by atoms with Crippen molar-refractivity contribution in [2.75, 3.05) is 5.32 Å². The maximum Gasteiger partial charge on any atom is 0.274 e. The number of aromatic nitrogens is 1. The topological polar surface area (TPSA) is 105 Å². The Kier molecular flexibility index (Phi) is 4.85. The standard InChI is InChI=1S/C23H17N3O4/c1-14-6-9-18(13-21(14)26(29)30)24-22(27)19-10-11-20(25-23(19)28)17-8-7-15-4-2-3-5-16(15)12-17/h2-13H,1H3,(H,24,27)(H,25,28). The molecule has 7 nitrogen and oxygen atoms in total. The van der Waals surface area contributed by atoms with Crippen molar-refractivity contribution in [1.29, 1.82) is 0 Å². The van der Waals surface area contributed by atoms with Gasteiger partial charge in [0.15, 0.2) is 0 Å². The number of rotatable bonds is 4. The molecular formula is C23H17N3O4. The molecule has 0 aliphatic rings. The summed E-state index contributed by atoms with van der Waals surface area (Å²) in [6.07, 6.45) is 0. The number of hydrogen-bond donors (Lipinski definition) is 2. The van der Waals surface area contributed by atoms with Gasteiger partial charge >= 0.3 is 0 Å². The molecular weight excluding hydrogens is 382 g/mol. The second-order valence-corrected chi connectivity index (χ2v) is 6.89. The van der Waals surface area contributed by atoms with Gasteiger partial charge in [0, 0.05) is 23.0 Å². The summed E-state index contributed by atoms with van der Waals surface area (Å²) in [6, 6.07) is 21.2. The quantitative estimate of drug-likeness (QED) is 0.384. The normalized spacial score (nSPS) is 10.7. The van der Waals surface area contributed by atoms with Gasteiger partial charge in [-0.25, -0.2) is 0 Å². The average molecular weight is 399 g/mol. The first-order valence-corrected chi connectivity index (χ1v) is 9.21. The summed E-state index contributed by atoms with van der Waals surface area (Å²) in [6.45, 7) is 1.61. The van der Waals surface area contributed by atoms with Crippen LogP contribution >= 0.6 is 0 Å². The van der Waals surface area contributed by atoms with E-state index in [2.05, 4.69) is 10.3 Å². The van der Waals surface area contributed by atoms with E-state index in [0.29, 0.717) is 11.3 Å². The van der Waals surface area contributed by atoms with Crippen LogP contribution in [-0.2, 0) is 0 Å². The van der Waals surface area contributed by atoms with Gasteiger partial charge < -0.3 is 10.3 Å². The molecule has 0 saturated carbocycles. The van der Waals surface area contributed by atoms with Gasteiger partial charge in [-0.1, -0.05) is 42.5 Å². The van der Waals surface area contributed by atoms with Crippen LogP contribution in [0.25, 0.3) is 22.0 Å². The van der Waals surface area contributed by atoms with Crippen LogP contribution in [0.2, 0.25) is 0 Å². The van der Waals surface area contributed by atoms with Gasteiger partial charge in [0.1, 0.15) is 5.56 Å². The van der Waals surface area contributed by atoms with Crippen molar-refractivity contribution in [1.82, 2.24) is 4.98 Å². The number of nitro groups is 1. The predicted molar refractivity (Wildman–Crippen MR) is 116 cm³/mol. The zero-order valence-corrected chi connectivity index (χ0v) is 16.0. The van der Waals surface area contributed by atoms with Gasteiger partial charge in [0.2, 0.25) is 0 Å². The molecule has 148 valence electrons. The lowest BCUT2D eigenvalue weighted by Gasteiger charge is -2.08. The van der Waals surface area contributed by atoms with E-state index >= 15 is 0 Å². The number of carbonyl (C=O) groups is 1. The fourth-order valence-electron chi connectivity index (χ4n) is 3.26. The number of nitrogens with one attached hydrogen (secondary N) is 2. The molecule has 30 heavy (non-hydrogen) atoms. The molecule has 1 heterocycles. The maximum absolute atomic E-state index is 12.5. The Morgan fingerprint density at radius 1 is 0.967 bits per heavy atom. The second-order valence-electron chi connectivity index (χ2n) is 6.89. The summed E-state index contributed by atoms with van der Waals surface area (Å²) >= 11 is 0. The first-order valence-electron chi connectivity index (χ1n) is 9.21. The van der Waals surface area contributed by atoms with Crippen LogP contribution < -0.4 is 10.9 Å². The second kappa shape index (κ2) is 7.63. The minimum atomic E-state index is -0.639. The van der Waals surface area contributed by atoms with Crippen molar-refractivity contribution in [3.63, 3.8) is 0 Å². The van der Waals surface area contributed by atoms with Crippen molar-refractivity contribution < 1.29 is 9.72 Å². The number of nitrogens with zero attached hydrogens (tertiary/aromatic N) is 1. The van der Waals surface area contributed by atoms with Gasteiger partial charge in [-0.3, -0.25) is 19.7 Å². The highest BCUT2D eigenvalue weighted by Gasteiger charge is 2.15. The summed E-state index contributed by atoms with van der Waals surface area (Å²) in [4.78, 5) is 38.3. The van der Waals surface area contributed by atoms with Gasteiger partial charge in [0.25, 0.3) is 17.2 Å². The number of anilines is 1. The monoisotopic (exact) mass is 399 g/mol. The van der Waals surface area contributed by atoms with Gasteiger partial charge in [0.05, 0.1) is 4.92 Å². The summed E-state index contributed by atoms with van der Waals surface area (Å²) in [5.41, 5.74) is 1.42. The van der Waals surface area contributed by atoms with Crippen LogP contribution in [0.1, 0.15) is 15.9 Å². The Morgan fingerprint density at radius 2 is 1.73 bits per heavy atom. The van der Waals surface area contributed by atoms with Crippen LogP contribution in [0.15, 0.2) is 77.6 Å². The van der Waals surface area contributed by atoms with E-state index in [4.69, 9.17) is 0 Å². The van der Waals surface area contributed by atoms with Gasteiger partial charge in [-0.15, -0.1) is 0 Å². The number of fused-ring (bicyclic) bond motifs is 1. The number of hydrogen-bond acceptors (Lipinski definition) is 4. The molecule has 4 aromatic rings. The fourth-order valence-corrected chi connectivity index (χ4v) is 3.26. The van der Waals surface area contributed by atoms with E-state index in [-0.39, 0.29) is 16.9 Å². The van der Waals surface area contributed by atoms with Crippen molar-refractivity contribution in [3.05, 3.63) is 104 Å². The molecule has 0 saturated heterocycles. The highest BCUT2D eigenvalue weighted by molar-refractivity contribution is 6.04. The van der Waals surface area contributed by atoms with Crippen molar-refractivity contribution in [3.8, 4) is 11.3 Å². The minimum Gasteiger partial charge on any atom is -0.322 e. The summed E-state index contributed by atoms with van der Waals surface area (Å²) in [5, 5.41) is 15.7. The van der Waals surface area contributed by atoms with Gasteiger partial charge in [-0.05, 0) is 47.5 Å². The van der Waals surface area contributed by atoms with E-state index in [9.17, 15) is 19.7 Å². The molecule has 7 heteroatoms. The van der Waals surface area contributed by atoms with Crippen LogP contribution in [0.4, 0.5) is 11.4 Å². The lowest BCUT2D eigenvalue weighted by atomic mass is 10.0. The fraction of sp³-hybridized carbons (Fsp3) is 0.0435. The molecule has 0 aliphatic carbocycles. The molecule has 1 aromatic heterocycles. The highest BCUT2D eigenvalue weighted by Crippen LogP contribution is 2.24. The number of nitro benzene ring substituents is 1. The molecule has 0 spiro atoms. The first kappa shape index (κ1) is 19.1. The highest BCUT2D eigenvalue weighted by atomic mass is 16.6. The predicted octanol–water partition coefficient (Wildman–Crippen LogP) is 4.66. The Morgan fingerprint density at radius 3 is 2.47 bits per heavy atom. The molecule has 0 unspecified atom stereocenters. The Balaban J connectivity index is 1.61. The largest absolute Gasteiger partial charge is 0.322 e. The zero-order chi connectivity index (χ0) is 21.3. The molecule has 0 atom stereocenters. The number of aryl methyl sites for hydroxylation is 1. The number of aromatic amines is 1. The summed E-state index contributed by atoms with van der Waals surface area (Å²) < 4.78 is 0. The molecule has 2 N–H and O–H groups in total. The van der Waals surface area contributed by atoms with Crippen LogP contribution in [-0.4, -0.2) is 15.8 Å². The molecule has 1 amide bonds.